The maximum absolute atomic E-state index is 11.3. The molecule has 0 aliphatic heterocycles. The van der Waals surface area contributed by atoms with Gasteiger partial charge in [0.25, 0.3) is 0 Å². The molecule has 1 aromatic carbocycles. The number of nitrogens with zero attached hydrogens (tertiary/aromatic N) is 2. The molecule has 2 aromatic rings. The molecule has 2 rings (SSSR count). The van der Waals surface area contributed by atoms with Crippen molar-refractivity contribution in [2.24, 2.45) is 0 Å². The number of nitrogens with one attached hydrogen (secondary N) is 1. The summed E-state index contributed by atoms with van der Waals surface area (Å²) in [4.78, 5) is 11.3. The third kappa shape index (κ3) is 3.49. The molecule has 1 heterocycles. The molecular weight excluding hydrogens is 285 g/mol. The van der Waals surface area contributed by atoms with Gasteiger partial charge in [-0.2, -0.15) is 5.10 Å². The quantitative estimate of drug-likeness (QED) is 0.937. The Labute approximate surface area is 121 Å². The molecule has 0 aliphatic rings. The van der Waals surface area contributed by atoms with Crippen molar-refractivity contribution in [1.82, 2.24) is 9.78 Å². The Hall–Kier alpha value is -1.52. The molecule has 0 atom stereocenters. The van der Waals surface area contributed by atoms with Gasteiger partial charge in [0.2, 0.25) is 5.91 Å². The molecule has 0 unspecified atom stereocenters. The van der Waals surface area contributed by atoms with Gasteiger partial charge in [-0.15, -0.1) is 0 Å². The third-order valence-electron chi connectivity index (χ3n) is 2.62. The zero-order chi connectivity index (χ0) is 13.8. The molecular formula is C13H13Cl2N3O. The van der Waals surface area contributed by atoms with E-state index in [0.717, 1.165) is 5.56 Å². The molecule has 0 spiro atoms. The predicted molar refractivity (Wildman–Crippen MR) is 76.7 cm³/mol. The van der Waals surface area contributed by atoms with Crippen LogP contribution in [0.3, 0.4) is 0 Å². The average Bonchev–Trinajstić information content (AvgIpc) is 2.81. The molecule has 1 N–H and O–H groups in total. The lowest BCUT2D eigenvalue weighted by molar-refractivity contribution is -0.115. The van der Waals surface area contributed by atoms with E-state index in [0.29, 0.717) is 28.7 Å². The van der Waals surface area contributed by atoms with Gasteiger partial charge in [-0.05, 0) is 12.1 Å². The zero-order valence-corrected chi connectivity index (χ0v) is 11.9. The molecule has 19 heavy (non-hydrogen) atoms. The van der Waals surface area contributed by atoms with Gasteiger partial charge in [0.05, 0.1) is 18.4 Å². The van der Waals surface area contributed by atoms with Crippen LogP contribution in [0, 0.1) is 0 Å². The summed E-state index contributed by atoms with van der Waals surface area (Å²) in [6, 6.07) is 5.36. The molecule has 0 saturated heterocycles. The summed E-state index contributed by atoms with van der Waals surface area (Å²) in [5, 5.41) is 8.10. The maximum atomic E-state index is 11.3. The molecule has 0 bridgehead atoms. The fourth-order valence-electron chi connectivity index (χ4n) is 1.61. The fourth-order valence-corrected chi connectivity index (χ4v) is 2.13. The van der Waals surface area contributed by atoms with E-state index in [1.807, 2.05) is 0 Å². The molecule has 100 valence electrons. The van der Waals surface area contributed by atoms with Crippen LogP contribution in [0.2, 0.25) is 10.0 Å². The van der Waals surface area contributed by atoms with E-state index in [4.69, 9.17) is 23.2 Å². The van der Waals surface area contributed by atoms with Crippen molar-refractivity contribution in [3.8, 4) is 0 Å². The summed E-state index contributed by atoms with van der Waals surface area (Å²) >= 11 is 12.2. The molecule has 4 nitrogen and oxygen atoms in total. The normalized spacial score (nSPS) is 10.5. The first-order chi connectivity index (χ1) is 9.10. The van der Waals surface area contributed by atoms with Crippen LogP contribution >= 0.6 is 23.2 Å². The van der Waals surface area contributed by atoms with Crippen molar-refractivity contribution < 1.29 is 4.79 Å². The number of anilines is 1. The number of halogens is 2. The number of hydrogen-bond acceptors (Lipinski definition) is 2. The highest BCUT2D eigenvalue weighted by atomic mass is 35.5. The molecule has 0 saturated carbocycles. The minimum atomic E-state index is -0.0460. The highest BCUT2D eigenvalue weighted by Crippen LogP contribution is 2.25. The molecule has 6 heteroatoms. The highest BCUT2D eigenvalue weighted by Gasteiger charge is 2.08. The monoisotopic (exact) mass is 297 g/mol. The number of carbonyl (C=O) groups excluding carboxylic acids is 1. The molecule has 0 fully saturated rings. The van der Waals surface area contributed by atoms with Crippen LogP contribution in [-0.4, -0.2) is 15.7 Å². The van der Waals surface area contributed by atoms with Gasteiger partial charge in [0, 0.05) is 28.2 Å². The summed E-state index contributed by atoms with van der Waals surface area (Å²) in [7, 11) is 0. The minimum absolute atomic E-state index is 0.0460. The Balaban J connectivity index is 2.14. The Kier molecular flexibility index (Phi) is 4.45. The predicted octanol–water partition coefficient (Wildman–Crippen LogP) is 3.59. The van der Waals surface area contributed by atoms with Crippen LogP contribution in [0.25, 0.3) is 0 Å². The second kappa shape index (κ2) is 6.08. The molecule has 0 radical (unpaired) electrons. The van der Waals surface area contributed by atoms with Gasteiger partial charge >= 0.3 is 0 Å². The maximum Gasteiger partial charge on any atom is 0.224 e. The van der Waals surface area contributed by atoms with E-state index in [2.05, 4.69) is 10.4 Å². The lowest BCUT2D eigenvalue weighted by Crippen LogP contribution is -2.08. The first-order valence-corrected chi connectivity index (χ1v) is 6.61. The Morgan fingerprint density at radius 3 is 2.68 bits per heavy atom. The summed E-state index contributed by atoms with van der Waals surface area (Å²) in [6.45, 7) is 2.25. The van der Waals surface area contributed by atoms with Crippen LogP contribution < -0.4 is 5.32 Å². The van der Waals surface area contributed by atoms with Gasteiger partial charge in [-0.1, -0.05) is 36.2 Å². The van der Waals surface area contributed by atoms with Crippen molar-refractivity contribution >= 4 is 34.8 Å². The topological polar surface area (TPSA) is 46.9 Å². The van der Waals surface area contributed by atoms with Crippen molar-refractivity contribution in [1.29, 1.82) is 0 Å². The van der Waals surface area contributed by atoms with Gasteiger partial charge in [0.1, 0.15) is 0 Å². The first-order valence-electron chi connectivity index (χ1n) is 5.85. The van der Waals surface area contributed by atoms with Gasteiger partial charge < -0.3 is 5.32 Å². The SMILES string of the molecule is CCC(=O)Nc1cnn(Cc2c(Cl)cccc2Cl)c1. The number of aromatic nitrogens is 2. The summed E-state index contributed by atoms with van der Waals surface area (Å²) in [5.74, 6) is -0.0460. The molecule has 1 aromatic heterocycles. The largest absolute Gasteiger partial charge is 0.323 e. The van der Waals surface area contributed by atoms with Crippen molar-refractivity contribution in [2.45, 2.75) is 19.9 Å². The van der Waals surface area contributed by atoms with Crippen LogP contribution in [0.4, 0.5) is 5.69 Å². The van der Waals surface area contributed by atoms with Gasteiger partial charge in [-0.3, -0.25) is 9.48 Å². The van der Waals surface area contributed by atoms with E-state index in [1.54, 1.807) is 42.2 Å². The van der Waals surface area contributed by atoms with Crippen LogP contribution in [0.5, 0.6) is 0 Å². The van der Waals surface area contributed by atoms with Crippen LogP contribution in [-0.2, 0) is 11.3 Å². The highest BCUT2D eigenvalue weighted by molar-refractivity contribution is 6.35. The standard InChI is InChI=1S/C13H13Cl2N3O/c1-2-13(19)17-9-6-16-18(7-9)8-10-11(14)4-3-5-12(10)15/h3-7H,2,8H2,1H3,(H,17,19). The fraction of sp³-hybridized carbons (Fsp3) is 0.231. The van der Waals surface area contributed by atoms with Crippen molar-refractivity contribution in [3.63, 3.8) is 0 Å². The van der Waals surface area contributed by atoms with E-state index < -0.39 is 0 Å². The lowest BCUT2D eigenvalue weighted by atomic mass is 10.2. The minimum Gasteiger partial charge on any atom is -0.323 e. The number of benzene rings is 1. The zero-order valence-electron chi connectivity index (χ0n) is 10.4. The Morgan fingerprint density at radius 2 is 2.05 bits per heavy atom. The number of carbonyl (C=O) groups is 1. The van der Waals surface area contributed by atoms with E-state index in [1.165, 1.54) is 0 Å². The average molecular weight is 298 g/mol. The van der Waals surface area contributed by atoms with Crippen LogP contribution in [0.15, 0.2) is 30.6 Å². The second-order valence-corrected chi connectivity index (χ2v) is 4.84. The lowest BCUT2D eigenvalue weighted by Gasteiger charge is -2.06. The number of amides is 1. The van der Waals surface area contributed by atoms with Gasteiger partial charge in [0.15, 0.2) is 0 Å². The van der Waals surface area contributed by atoms with Crippen molar-refractivity contribution in [3.05, 3.63) is 46.2 Å². The van der Waals surface area contributed by atoms with Gasteiger partial charge in [-0.25, -0.2) is 0 Å². The number of hydrogen-bond donors (Lipinski definition) is 1. The van der Waals surface area contributed by atoms with Crippen LogP contribution in [0.1, 0.15) is 18.9 Å². The van der Waals surface area contributed by atoms with E-state index in [-0.39, 0.29) is 5.91 Å². The molecule has 0 aliphatic carbocycles. The Bertz CT molecular complexity index is 575. The third-order valence-corrected chi connectivity index (χ3v) is 3.33. The smallest absolute Gasteiger partial charge is 0.224 e. The van der Waals surface area contributed by atoms with E-state index in [9.17, 15) is 4.79 Å². The van der Waals surface area contributed by atoms with E-state index >= 15 is 0 Å². The summed E-state index contributed by atoms with van der Waals surface area (Å²) in [6.07, 6.45) is 3.77. The second-order valence-electron chi connectivity index (χ2n) is 4.03. The Morgan fingerprint density at radius 1 is 1.37 bits per heavy atom. The summed E-state index contributed by atoms with van der Waals surface area (Å²) < 4.78 is 1.68. The first kappa shape index (κ1) is 13.9. The van der Waals surface area contributed by atoms with Crippen molar-refractivity contribution in [2.75, 3.05) is 5.32 Å². The number of rotatable bonds is 4. The summed E-state index contributed by atoms with van der Waals surface area (Å²) in [5.41, 5.74) is 1.47. The molecule has 1 amide bonds.